The summed E-state index contributed by atoms with van der Waals surface area (Å²) in [6, 6.07) is 7.63. The second-order valence-electron chi connectivity index (χ2n) is 6.82. The molecule has 2 bridgehead atoms. The Balaban J connectivity index is 1.52. The van der Waals surface area contributed by atoms with Crippen molar-refractivity contribution >= 4 is 15.9 Å². The minimum atomic E-state index is -3.17. The van der Waals surface area contributed by atoms with Crippen molar-refractivity contribution in [2.45, 2.75) is 50.7 Å². The Labute approximate surface area is 143 Å². The number of hydrogen-bond acceptors (Lipinski definition) is 4. The first-order chi connectivity index (χ1) is 11.3. The van der Waals surface area contributed by atoms with Crippen LogP contribution in [0.25, 0.3) is 0 Å². The van der Waals surface area contributed by atoms with Gasteiger partial charge in [0.05, 0.1) is 6.26 Å². The third-order valence-corrected chi connectivity index (χ3v) is 6.14. The van der Waals surface area contributed by atoms with Gasteiger partial charge in [-0.3, -0.25) is 4.79 Å². The van der Waals surface area contributed by atoms with Crippen molar-refractivity contribution in [3.05, 3.63) is 29.8 Å². The molecule has 0 aromatic heterocycles. The molecule has 0 aliphatic carbocycles. The molecule has 0 saturated carbocycles. The van der Waals surface area contributed by atoms with E-state index in [0.29, 0.717) is 18.6 Å². The van der Waals surface area contributed by atoms with E-state index in [1.54, 1.807) is 4.31 Å². The molecule has 7 heteroatoms. The largest absolute Gasteiger partial charge is 0.484 e. The number of nitrogens with one attached hydrogen (secondary N) is 1. The maximum absolute atomic E-state index is 12.1. The Bertz CT molecular complexity index is 705. The van der Waals surface area contributed by atoms with Gasteiger partial charge in [0.15, 0.2) is 6.61 Å². The summed E-state index contributed by atoms with van der Waals surface area (Å²) in [7, 11) is -3.17. The number of ether oxygens (including phenoxy) is 1. The maximum Gasteiger partial charge on any atom is 0.258 e. The third kappa shape index (κ3) is 3.89. The molecule has 1 aromatic rings. The molecular weight excluding hydrogens is 328 g/mol. The summed E-state index contributed by atoms with van der Waals surface area (Å²) < 4.78 is 30.9. The molecule has 6 nitrogen and oxygen atoms in total. The van der Waals surface area contributed by atoms with E-state index >= 15 is 0 Å². The fraction of sp³-hybridized carbons (Fsp3) is 0.588. The fourth-order valence-electron chi connectivity index (χ4n) is 3.92. The SMILES string of the molecule is Cc1cccc(OCC(=O)NC2CC3CCC(C2)N3S(C)(=O)=O)c1. The molecule has 2 aliphatic heterocycles. The van der Waals surface area contributed by atoms with Gasteiger partial charge in [0.25, 0.3) is 5.91 Å². The smallest absolute Gasteiger partial charge is 0.258 e. The molecule has 3 rings (SSSR count). The lowest BCUT2D eigenvalue weighted by Gasteiger charge is -2.37. The number of benzene rings is 1. The van der Waals surface area contributed by atoms with Crippen molar-refractivity contribution in [1.29, 1.82) is 0 Å². The molecule has 1 N–H and O–H groups in total. The van der Waals surface area contributed by atoms with Gasteiger partial charge in [-0.1, -0.05) is 12.1 Å². The number of rotatable bonds is 5. The van der Waals surface area contributed by atoms with Crippen LogP contribution < -0.4 is 10.1 Å². The standard InChI is InChI=1S/C17H24N2O4S/c1-12-4-3-5-16(8-12)23-11-17(20)18-13-9-14-6-7-15(10-13)19(14)24(2,21)22/h3-5,8,13-15H,6-7,9-11H2,1-2H3,(H,18,20). The Hall–Kier alpha value is -1.60. The number of piperidine rings is 1. The Kier molecular flexibility index (Phi) is 4.83. The zero-order chi connectivity index (χ0) is 17.3. The first-order valence-corrected chi connectivity index (χ1v) is 10.1. The molecule has 1 amide bonds. The quantitative estimate of drug-likeness (QED) is 0.870. The summed E-state index contributed by atoms with van der Waals surface area (Å²) in [5.41, 5.74) is 1.08. The van der Waals surface area contributed by atoms with Crippen LogP contribution in [0.4, 0.5) is 0 Å². The van der Waals surface area contributed by atoms with E-state index in [1.807, 2.05) is 31.2 Å². The average Bonchev–Trinajstić information content (AvgIpc) is 2.78. The van der Waals surface area contributed by atoms with Gasteiger partial charge in [-0.2, -0.15) is 4.31 Å². The predicted octanol–water partition coefficient (Wildman–Crippen LogP) is 1.45. The zero-order valence-electron chi connectivity index (χ0n) is 14.1. The van der Waals surface area contributed by atoms with Gasteiger partial charge in [-0.05, 0) is 50.3 Å². The first-order valence-electron chi connectivity index (χ1n) is 8.30. The molecule has 2 fully saturated rings. The summed E-state index contributed by atoms with van der Waals surface area (Å²) in [4.78, 5) is 12.1. The van der Waals surface area contributed by atoms with Gasteiger partial charge in [0.1, 0.15) is 5.75 Å². The molecular formula is C17H24N2O4S. The second-order valence-corrected chi connectivity index (χ2v) is 8.71. The van der Waals surface area contributed by atoms with Gasteiger partial charge in [0, 0.05) is 18.1 Å². The van der Waals surface area contributed by atoms with Crippen molar-refractivity contribution in [3.63, 3.8) is 0 Å². The summed E-state index contributed by atoms with van der Waals surface area (Å²) in [6.07, 6.45) is 4.39. The molecule has 24 heavy (non-hydrogen) atoms. The van der Waals surface area contributed by atoms with Crippen LogP contribution in [0.15, 0.2) is 24.3 Å². The Morgan fingerprint density at radius 2 is 1.96 bits per heavy atom. The first kappa shape index (κ1) is 17.2. The monoisotopic (exact) mass is 352 g/mol. The highest BCUT2D eigenvalue weighted by atomic mass is 32.2. The number of hydrogen-bond donors (Lipinski definition) is 1. The molecule has 2 aliphatic rings. The van der Waals surface area contributed by atoms with E-state index in [-0.39, 0.29) is 30.6 Å². The maximum atomic E-state index is 12.1. The van der Waals surface area contributed by atoms with Crippen LogP contribution in [0.3, 0.4) is 0 Å². The molecule has 2 heterocycles. The lowest BCUT2D eigenvalue weighted by atomic mass is 10.00. The summed E-state index contributed by atoms with van der Waals surface area (Å²) >= 11 is 0. The van der Waals surface area contributed by atoms with Crippen LogP contribution in [-0.2, 0) is 14.8 Å². The van der Waals surface area contributed by atoms with Crippen LogP contribution in [0.1, 0.15) is 31.2 Å². The van der Waals surface area contributed by atoms with Gasteiger partial charge < -0.3 is 10.1 Å². The Morgan fingerprint density at radius 3 is 2.54 bits per heavy atom. The van der Waals surface area contributed by atoms with Crippen LogP contribution in [0.2, 0.25) is 0 Å². The molecule has 0 radical (unpaired) electrons. The highest BCUT2D eigenvalue weighted by molar-refractivity contribution is 7.88. The summed E-state index contributed by atoms with van der Waals surface area (Å²) in [5, 5.41) is 2.99. The van der Waals surface area contributed by atoms with E-state index in [1.165, 1.54) is 6.26 Å². The van der Waals surface area contributed by atoms with Gasteiger partial charge >= 0.3 is 0 Å². The van der Waals surface area contributed by atoms with Crippen LogP contribution >= 0.6 is 0 Å². The van der Waals surface area contributed by atoms with E-state index < -0.39 is 10.0 Å². The van der Waals surface area contributed by atoms with E-state index in [0.717, 1.165) is 18.4 Å². The number of carbonyl (C=O) groups is 1. The molecule has 0 spiro atoms. The lowest BCUT2D eigenvalue weighted by Crippen LogP contribution is -2.52. The van der Waals surface area contributed by atoms with E-state index in [4.69, 9.17) is 4.74 Å². The zero-order valence-corrected chi connectivity index (χ0v) is 14.9. The highest BCUT2D eigenvalue weighted by Crippen LogP contribution is 2.37. The molecule has 1 aromatic carbocycles. The summed E-state index contributed by atoms with van der Waals surface area (Å²) in [5.74, 6) is 0.519. The van der Waals surface area contributed by atoms with Gasteiger partial charge in [-0.15, -0.1) is 0 Å². The molecule has 2 unspecified atom stereocenters. The number of sulfonamides is 1. The van der Waals surface area contributed by atoms with Crippen LogP contribution in [0.5, 0.6) is 5.75 Å². The highest BCUT2D eigenvalue weighted by Gasteiger charge is 2.45. The van der Waals surface area contributed by atoms with E-state index in [9.17, 15) is 13.2 Å². The predicted molar refractivity (Wildman–Crippen MR) is 91.3 cm³/mol. The second kappa shape index (κ2) is 6.72. The lowest BCUT2D eigenvalue weighted by molar-refractivity contribution is -0.124. The van der Waals surface area contributed by atoms with E-state index in [2.05, 4.69) is 5.32 Å². The van der Waals surface area contributed by atoms with Crippen molar-refractivity contribution in [2.24, 2.45) is 0 Å². The van der Waals surface area contributed by atoms with Crippen molar-refractivity contribution in [1.82, 2.24) is 9.62 Å². The van der Waals surface area contributed by atoms with Gasteiger partial charge in [0.2, 0.25) is 10.0 Å². The molecule has 132 valence electrons. The number of fused-ring (bicyclic) bond motifs is 2. The summed E-state index contributed by atoms with van der Waals surface area (Å²) in [6.45, 7) is 1.95. The van der Waals surface area contributed by atoms with Gasteiger partial charge in [-0.25, -0.2) is 8.42 Å². The molecule has 2 saturated heterocycles. The number of aryl methyl sites for hydroxylation is 1. The number of nitrogens with zero attached hydrogens (tertiary/aromatic N) is 1. The number of carbonyl (C=O) groups excluding carboxylic acids is 1. The van der Waals surface area contributed by atoms with Crippen molar-refractivity contribution < 1.29 is 17.9 Å². The minimum absolute atomic E-state index is 0.0155. The normalized spacial score (nSPS) is 27.0. The third-order valence-electron chi connectivity index (χ3n) is 4.77. The van der Waals surface area contributed by atoms with Crippen LogP contribution in [0, 0.1) is 6.92 Å². The fourth-order valence-corrected chi connectivity index (χ4v) is 5.38. The van der Waals surface area contributed by atoms with Crippen molar-refractivity contribution in [3.8, 4) is 5.75 Å². The van der Waals surface area contributed by atoms with Crippen LogP contribution in [-0.4, -0.2) is 49.6 Å². The Morgan fingerprint density at radius 1 is 1.29 bits per heavy atom. The topological polar surface area (TPSA) is 75.7 Å². The van der Waals surface area contributed by atoms with Crippen molar-refractivity contribution in [2.75, 3.05) is 12.9 Å². The average molecular weight is 352 g/mol. The number of amides is 1. The molecule has 2 atom stereocenters. The minimum Gasteiger partial charge on any atom is -0.484 e.